The van der Waals surface area contributed by atoms with Gasteiger partial charge in [0.25, 0.3) is 0 Å². The van der Waals surface area contributed by atoms with E-state index in [1.807, 2.05) is 24.3 Å². The van der Waals surface area contributed by atoms with Gasteiger partial charge in [-0.05, 0) is 49.5 Å². The fourth-order valence-electron chi connectivity index (χ4n) is 3.13. The second-order valence-electron chi connectivity index (χ2n) is 6.70. The molecule has 0 bridgehead atoms. The van der Waals surface area contributed by atoms with Crippen LogP contribution in [-0.2, 0) is 14.3 Å². The van der Waals surface area contributed by atoms with Crippen LogP contribution in [0.2, 0.25) is 0 Å². The SMILES string of the molecule is COCC(=O)Nc1cccc(C(N=C(N)N(C)C(C)=O)C2CCNCC2)c1. The fourth-order valence-corrected chi connectivity index (χ4v) is 3.13. The largest absolute Gasteiger partial charge is 0.375 e. The molecule has 1 atom stereocenters. The summed E-state index contributed by atoms with van der Waals surface area (Å²) in [7, 11) is 3.09. The first kappa shape index (κ1) is 20.9. The Balaban J connectivity index is 2.31. The number of hydrogen-bond donors (Lipinski definition) is 3. The third-order valence-corrected chi connectivity index (χ3v) is 4.71. The number of carbonyl (C=O) groups is 2. The molecule has 1 heterocycles. The predicted octanol–water partition coefficient (Wildman–Crippen LogP) is 1.11. The number of rotatable bonds is 6. The minimum atomic E-state index is -0.215. The van der Waals surface area contributed by atoms with Crippen LogP contribution >= 0.6 is 0 Å². The van der Waals surface area contributed by atoms with E-state index in [2.05, 4.69) is 15.6 Å². The Kier molecular flexibility index (Phi) is 7.75. The van der Waals surface area contributed by atoms with Gasteiger partial charge in [-0.2, -0.15) is 0 Å². The van der Waals surface area contributed by atoms with E-state index >= 15 is 0 Å². The van der Waals surface area contributed by atoms with Crippen LogP contribution in [0.1, 0.15) is 31.4 Å². The summed E-state index contributed by atoms with van der Waals surface area (Å²) >= 11 is 0. The van der Waals surface area contributed by atoms with Crippen LogP contribution < -0.4 is 16.4 Å². The van der Waals surface area contributed by atoms with Gasteiger partial charge in [-0.1, -0.05) is 12.1 Å². The van der Waals surface area contributed by atoms with E-state index in [-0.39, 0.29) is 30.4 Å². The molecule has 8 nitrogen and oxygen atoms in total. The van der Waals surface area contributed by atoms with Crippen molar-refractivity contribution >= 4 is 23.5 Å². The summed E-state index contributed by atoms with van der Waals surface area (Å²) in [6.07, 6.45) is 1.93. The van der Waals surface area contributed by atoms with Gasteiger partial charge >= 0.3 is 0 Å². The number of hydrogen-bond acceptors (Lipinski definition) is 5. The zero-order chi connectivity index (χ0) is 19.8. The monoisotopic (exact) mass is 375 g/mol. The topological polar surface area (TPSA) is 109 Å². The summed E-state index contributed by atoms with van der Waals surface area (Å²) in [5.74, 6) is 0.114. The lowest BCUT2D eigenvalue weighted by atomic mass is 9.86. The molecular weight excluding hydrogens is 346 g/mol. The lowest BCUT2D eigenvalue weighted by Gasteiger charge is -2.30. The van der Waals surface area contributed by atoms with Crippen molar-refractivity contribution in [2.75, 3.05) is 39.2 Å². The third-order valence-electron chi connectivity index (χ3n) is 4.71. The van der Waals surface area contributed by atoms with Crippen molar-refractivity contribution in [2.45, 2.75) is 25.8 Å². The van der Waals surface area contributed by atoms with Crippen LogP contribution in [0.3, 0.4) is 0 Å². The summed E-state index contributed by atoms with van der Waals surface area (Å²) in [5, 5.41) is 6.17. The maximum Gasteiger partial charge on any atom is 0.250 e. The zero-order valence-corrected chi connectivity index (χ0v) is 16.2. The number of methoxy groups -OCH3 is 1. The second kappa shape index (κ2) is 10.0. The number of piperidine rings is 1. The van der Waals surface area contributed by atoms with E-state index in [4.69, 9.17) is 10.5 Å². The molecule has 4 N–H and O–H groups in total. The summed E-state index contributed by atoms with van der Waals surface area (Å²) in [6.45, 7) is 3.29. The van der Waals surface area contributed by atoms with Gasteiger partial charge in [-0.25, -0.2) is 4.99 Å². The Morgan fingerprint density at radius 3 is 2.74 bits per heavy atom. The molecule has 1 aromatic carbocycles. The van der Waals surface area contributed by atoms with Gasteiger partial charge < -0.3 is 21.1 Å². The quantitative estimate of drug-likeness (QED) is 0.510. The first-order valence-electron chi connectivity index (χ1n) is 9.09. The normalized spacial score (nSPS) is 16.6. The predicted molar refractivity (Wildman–Crippen MR) is 105 cm³/mol. The molecule has 2 amide bonds. The van der Waals surface area contributed by atoms with Crippen LogP contribution in [-0.4, -0.2) is 56.5 Å². The van der Waals surface area contributed by atoms with Crippen LogP contribution in [0.15, 0.2) is 29.3 Å². The number of aliphatic imine (C=N–C) groups is 1. The minimum Gasteiger partial charge on any atom is -0.375 e. The molecule has 8 heteroatoms. The number of amides is 2. The van der Waals surface area contributed by atoms with Gasteiger partial charge in [0.05, 0.1) is 6.04 Å². The molecule has 0 aromatic heterocycles. The van der Waals surface area contributed by atoms with Crippen molar-refractivity contribution in [3.8, 4) is 0 Å². The van der Waals surface area contributed by atoms with E-state index in [0.717, 1.165) is 31.5 Å². The van der Waals surface area contributed by atoms with Gasteiger partial charge in [0, 0.05) is 26.8 Å². The van der Waals surface area contributed by atoms with E-state index in [0.29, 0.717) is 11.6 Å². The summed E-state index contributed by atoms with van der Waals surface area (Å²) in [4.78, 5) is 29.4. The maximum absolute atomic E-state index is 11.8. The standard InChI is InChI=1S/C19H29N5O3/c1-13(25)24(2)19(20)23-18(14-7-9-21-10-8-14)15-5-4-6-16(11-15)22-17(26)12-27-3/h4-6,11,14,18,21H,7-10,12H2,1-3H3,(H2,20,23)(H,22,26). The molecule has 0 saturated carbocycles. The highest BCUT2D eigenvalue weighted by Crippen LogP contribution is 2.33. The van der Waals surface area contributed by atoms with E-state index < -0.39 is 0 Å². The molecule has 0 radical (unpaired) electrons. The minimum absolute atomic E-state index is 0.00351. The second-order valence-corrected chi connectivity index (χ2v) is 6.70. The van der Waals surface area contributed by atoms with Crippen molar-refractivity contribution in [3.63, 3.8) is 0 Å². The molecule has 27 heavy (non-hydrogen) atoms. The molecular formula is C19H29N5O3. The van der Waals surface area contributed by atoms with Crippen LogP contribution in [0, 0.1) is 5.92 Å². The van der Waals surface area contributed by atoms with Gasteiger partial charge in [0.2, 0.25) is 11.8 Å². The number of benzene rings is 1. The van der Waals surface area contributed by atoms with Gasteiger partial charge in [0.1, 0.15) is 6.61 Å². The zero-order valence-electron chi connectivity index (χ0n) is 16.2. The third kappa shape index (κ3) is 6.04. The Morgan fingerprint density at radius 2 is 2.11 bits per heavy atom. The first-order chi connectivity index (χ1) is 12.9. The van der Waals surface area contributed by atoms with Gasteiger partial charge in [-0.15, -0.1) is 0 Å². The number of ether oxygens (including phenoxy) is 1. The Labute approximate surface area is 160 Å². The van der Waals surface area contributed by atoms with Crippen LogP contribution in [0.25, 0.3) is 0 Å². The smallest absolute Gasteiger partial charge is 0.250 e. The summed E-state index contributed by atoms with van der Waals surface area (Å²) in [5.41, 5.74) is 7.71. The van der Waals surface area contributed by atoms with E-state index in [1.54, 1.807) is 7.05 Å². The molecule has 1 unspecified atom stereocenters. The van der Waals surface area contributed by atoms with Crippen molar-refractivity contribution in [2.24, 2.45) is 16.6 Å². The Morgan fingerprint density at radius 1 is 1.41 bits per heavy atom. The van der Waals surface area contributed by atoms with E-state index in [9.17, 15) is 9.59 Å². The fraction of sp³-hybridized carbons (Fsp3) is 0.526. The highest BCUT2D eigenvalue weighted by Gasteiger charge is 2.26. The average Bonchev–Trinajstić information content (AvgIpc) is 2.66. The Hall–Kier alpha value is -2.45. The number of nitrogens with one attached hydrogen (secondary N) is 2. The maximum atomic E-state index is 11.8. The van der Waals surface area contributed by atoms with Gasteiger partial charge in [-0.3, -0.25) is 14.5 Å². The van der Waals surface area contributed by atoms with E-state index in [1.165, 1.54) is 18.9 Å². The molecule has 1 aliphatic rings. The van der Waals surface area contributed by atoms with Crippen molar-refractivity contribution < 1.29 is 14.3 Å². The number of anilines is 1. The molecule has 1 fully saturated rings. The molecule has 0 spiro atoms. The lowest BCUT2D eigenvalue weighted by Crippen LogP contribution is -2.39. The molecule has 1 aliphatic heterocycles. The molecule has 0 aliphatic carbocycles. The number of nitrogens with two attached hydrogens (primary N) is 1. The van der Waals surface area contributed by atoms with Crippen LogP contribution in [0.5, 0.6) is 0 Å². The highest BCUT2D eigenvalue weighted by atomic mass is 16.5. The van der Waals surface area contributed by atoms with Crippen molar-refractivity contribution in [1.29, 1.82) is 0 Å². The average molecular weight is 375 g/mol. The van der Waals surface area contributed by atoms with Crippen molar-refractivity contribution in [3.05, 3.63) is 29.8 Å². The number of carbonyl (C=O) groups excluding carboxylic acids is 2. The molecule has 2 rings (SSSR count). The Bertz CT molecular complexity index is 686. The lowest BCUT2D eigenvalue weighted by molar-refractivity contribution is -0.124. The first-order valence-corrected chi connectivity index (χ1v) is 9.09. The number of guanidine groups is 1. The van der Waals surface area contributed by atoms with Crippen LogP contribution in [0.4, 0.5) is 5.69 Å². The summed E-state index contributed by atoms with van der Waals surface area (Å²) in [6, 6.07) is 7.40. The molecule has 148 valence electrons. The summed E-state index contributed by atoms with van der Waals surface area (Å²) < 4.78 is 4.86. The molecule has 1 aromatic rings. The van der Waals surface area contributed by atoms with Crippen molar-refractivity contribution in [1.82, 2.24) is 10.2 Å². The molecule has 1 saturated heterocycles. The highest BCUT2D eigenvalue weighted by molar-refractivity contribution is 5.95. The number of nitrogens with zero attached hydrogens (tertiary/aromatic N) is 2. The van der Waals surface area contributed by atoms with Gasteiger partial charge in [0.15, 0.2) is 5.96 Å².